The third-order valence-electron chi connectivity index (χ3n) is 4.05. The van der Waals surface area contributed by atoms with Crippen LogP contribution in [0.3, 0.4) is 0 Å². The SMILES string of the molecule is Brc1nnc(-c2ccccc2)s1.NNC(N)=S.Nc1nnc(-c2ccccc2)s1.O=C(O)c1ccccc1.[HH]. The summed E-state index contributed by atoms with van der Waals surface area (Å²) in [4.78, 5) is 10.2. The molecule has 0 unspecified atom stereocenters. The third-order valence-corrected chi connectivity index (χ3v) is 6.37. The number of nitrogen functional groups attached to an aromatic ring is 1. The van der Waals surface area contributed by atoms with Gasteiger partial charge in [-0.25, -0.2) is 10.6 Å². The van der Waals surface area contributed by atoms with E-state index in [1.54, 1.807) is 30.3 Å². The molecule has 0 saturated carbocycles. The van der Waals surface area contributed by atoms with E-state index >= 15 is 0 Å². The molecule has 0 aliphatic rings. The summed E-state index contributed by atoms with van der Waals surface area (Å²) in [6.45, 7) is 0. The first kappa shape index (κ1) is 30.4. The highest BCUT2D eigenvalue weighted by Crippen LogP contribution is 2.25. The third kappa shape index (κ3) is 11.5. The number of thiocarbonyl (C=S) groups is 1. The van der Waals surface area contributed by atoms with Crippen LogP contribution < -0.4 is 22.7 Å². The van der Waals surface area contributed by atoms with Gasteiger partial charge in [0.05, 0.1) is 5.56 Å². The Bertz CT molecular complexity index is 1320. The van der Waals surface area contributed by atoms with Crippen LogP contribution in [-0.2, 0) is 0 Å². The molecule has 0 saturated heterocycles. The van der Waals surface area contributed by atoms with E-state index in [4.69, 9.17) is 16.6 Å². The van der Waals surface area contributed by atoms with Gasteiger partial charge in [-0.15, -0.1) is 20.4 Å². The number of carboxylic acids is 1. The number of nitrogens with one attached hydrogen (secondary N) is 1. The molecule has 0 radical (unpaired) electrons. The number of aromatic nitrogens is 4. The predicted molar refractivity (Wildman–Crippen MR) is 162 cm³/mol. The summed E-state index contributed by atoms with van der Waals surface area (Å²) in [5.41, 5.74) is 14.8. The second kappa shape index (κ2) is 16.8. The summed E-state index contributed by atoms with van der Waals surface area (Å²) >= 11 is 10.4. The van der Waals surface area contributed by atoms with E-state index in [1.165, 1.54) is 22.7 Å². The number of carboxylic acid groups (broad SMARTS) is 1. The molecule has 0 amide bonds. The van der Waals surface area contributed by atoms with Crippen LogP contribution in [0.25, 0.3) is 21.1 Å². The maximum atomic E-state index is 10.2. The van der Waals surface area contributed by atoms with Crippen LogP contribution in [0, 0.1) is 0 Å². The van der Waals surface area contributed by atoms with Gasteiger partial charge in [-0.1, -0.05) is 102 Å². The highest BCUT2D eigenvalue weighted by molar-refractivity contribution is 9.11. The summed E-state index contributed by atoms with van der Waals surface area (Å²) in [5.74, 6) is 3.78. The Balaban J connectivity index is 0.000000269. The Morgan fingerprint density at radius 3 is 1.55 bits per heavy atom. The standard InChI is InChI=1S/C8H5BrN2S.C8H7N3S.C7H6O2.CH5N3S.H2/c2*9-8-11-10-7(12-8)6-4-2-1-3-5-6;8-7(9)6-4-2-1-3-5-6;2-1(5)4-3;/h1-5H;1-5H,(H2,9,11);1-5H,(H,8,9);3H2,(H3,2,4,5);1H. The van der Waals surface area contributed by atoms with Gasteiger partial charge in [0.25, 0.3) is 0 Å². The highest BCUT2D eigenvalue weighted by atomic mass is 79.9. The van der Waals surface area contributed by atoms with E-state index in [9.17, 15) is 4.79 Å². The maximum Gasteiger partial charge on any atom is 0.335 e. The van der Waals surface area contributed by atoms with E-state index in [-0.39, 0.29) is 6.54 Å². The van der Waals surface area contributed by atoms with Gasteiger partial charge in [0.2, 0.25) is 5.13 Å². The number of aromatic carboxylic acids is 1. The zero-order valence-corrected chi connectivity index (χ0v) is 23.7. The monoisotopic (exact) mass is 632 g/mol. The van der Waals surface area contributed by atoms with Crippen molar-refractivity contribution in [2.75, 3.05) is 5.73 Å². The van der Waals surface area contributed by atoms with Gasteiger partial charge in [-0.05, 0) is 40.3 Å². The van der Waals surface area contributed by atoms with Gasteiger partial charge in [0, 0.05) is 12.6 Å². The number of hydrazine groups is 1. The van der Waals surface area contributed by atoms with E-state index in [2.05, 4.69) is 54.4 Å². The molecule has 2 heterocycles. The van der Waals surface area contributed by atoms with Crippen molar-refractivity contribution in [1.29, 1.82) is 0 Å². The lowest BCUT2D eigenvalue weighted by atomic mass is 10.2. The first-order valence-electron chi connectivity index (χ1n) is 10.5. The number of rotatable bonds is 3. The van der Waals surface area contributed by atoms with Gasteiger partial charge in [-0.3, -0.25) is 0 Å². The molecule has 2 aromatic heterocycles. The number of halogens is 1. The fraction of sp³-hybridized carbons (Fsp3) is 0. The van der Waals surface area contributed by atoms with Crippen molar-refractivity contribution in [2.45, 2.75) is 0 Å². The second-order valence-electron chi connectivity index (χ2n) is 6.72. The Kier molecular flexibility index (Phi) is 13.5. The van der Waals surface area contributed by atoms with Crippen LogP contribution in [0.2, 0.25) is 0 Å². The number of nitrogens with zero attached hydrogens (tertiary/aromatic N) is 4. The van der Waals surface area contributed by atoms with Crippen LogP contribution in [0.5, 0.6) is 0 Å². The molecule has 0 fully saturated rings. The molecule has 5 aromatic rings. The van der Waals surface area contributed by atoms with Crippen molar-refractivity contribution >= 4 is 67.0 Å². The largest absolute Gasteiger partial charge is 0.478 e. The summed E-state index contributed by atoms with van der Waals surface area (Å²) in [7, 11) is 0. The highest BCUT2D eigenvalue weighted by Gasteiger charge is 2.03. The first-order valence-corrected chi connectivity index (χ1v) is 13.4. The number of benzene rings is 3. The number of nitrogens with two attached hydrogens (primary N) is 3. The lowest BCUT2D eigenvalue weighted by Crippen LogP contribution is -2.34. The Morgan fingerprint density at radius 2 is 1.24 bits per heavy atom. The zero-order valence-electron chi connectivity index (χ0n) is 19.6. The van der Waals surface area contributed by atoms with Crippen molar-refractivity contribution in [3.05, 3.63) is 100 Å². The Morgan fingerprint density at radius 1 is 0.816 bits per heavy atom. The number of anilines is 1. The Labute approximate surface area is 242 Å². The lowest BCUT2D eigenvalue weighted by molar-refractivity contribution is 0.0697. The van der Waals surface area contributed by atoms with Crippen LogP contribution in [0.15, 0.2) is 94.9 Å². The number of hydrogen-bond donors (Lipinski definition) is 5. The van der Waals surface area contributed by atoms with Crippen molar-refractivity contribution in [3.63, 3.8) is 0 Å². The van der Waals surface area contributed by atoms with Crippen LogP contribution in [0.4, 0.5) is 5.13 Å². The van der Waals surface area contributed by atoms with E-state index < -0.39 is 5.97 Å². The van der Waals surface area contributed by atoms with Crippen molar-refractivity contribution in [3.8, 4) is 21.1 Å². The molecule has 3 aromatic carbocycles. The fourth-order valence-electron chi connectivity index (χ4n) is 2.42. The summed E-state index contributed by atoms with van der Waals surface area (Å²) in [6, 6.07) is 28.2. The van der Waals surface area contributed by atoms with Crippen molar-refractivity contribution in [1.82, 2.24) is 25.8 Å². The van der Waals surface area contributed by atoms with Crippen molar-refractivity contribution in [2.24, 2.45) is 11.6 Å². The molecule has 0 atom stereocenters. The number of carbonyl (C=O) groups is 1. The summed E-state index contributed by atoms with van der Waals surface area (Å²) in [6.07, 6.45) is 0. The van der Waals surface area contributed by atoms with Gasteiger partial charge < -0.3 is 22.0 Å². The molecular weight excluding hydrogens is 608 g/mol. The molecule has 5 rings (SSSR count). The zero-order chi connectivity index (χ0) is 27.8. The molecule has 0 aliphatic heterocycles. The maximum absolute atomic E-state index is 10.2. The predicted octanol–water partition coefficient (Wildman–Crippen LogP) is 5.08. The second-order valence-corrected chi connectivity index (χ2v) is 10.4. The number of hydrogen-bond acceptors (Lipinski definition) is 10. The topological polar surface area (TPSA) is 179 Å². The molecule has 14 heteroatoms. The minimum atomic E-state index is -0.879. The average molecular weight is 634 g/mol. The fourth-order valence-corrected chi connectivity index (χ4v) is 4.15. The molecule has 0 bridgehead atoms. The quantitative estimate of drug-likeness (QED) is 0.102. The van der Waals surface area contributed by atoms with Gasteiger partial charge in [0.15, 0.2) is 9.03 Å². The van der Waals surface area contributed by atoms with E-state index in [1.807, 2.05) is 66.1 Å². The molecule has 8 N–H and O–H groups in total. The minimum Gasteiger partial charge on any atom is -0.478 e. The van der Waals surface area contributed by atoms with Crippen LogP contribution >= 0.6 is 50.8 Å². The minimum absolute atomic E-state index is 0. The average Bonchev–Trinajstić information content (AvgIpc) is 3.59. The molecule has 198 valence electrons. The molecule has 0 spiro atoms. The van der Waals surface area contributed by atoms with Gasteiger partial charge in [0.1, 0.15) is 10.0 Å². The smallest absolute Gasteiger partial charge is 0.335 e. The first-order chi connectivity index (χ1) is 18.3. The van der Waals surface area contributed by atoms with Gasteiger partial charge in [-0.2, -0.15) is 0 Å². The van der Waals surface area contributed by atoms with E-state index in [0.717, 1.165) is 25.1 Å². The molecular formula is C24H25BrN8O2S3. The Hall–Kier alpha value is -3.82. The lowest BCUT2D eigenvalue weighted by Gasteiger charge is -1.90. The van der Waals surface area contributed by atoms with Crippen LogP contribution in [0.1, 0.15) is 11.8 Å². The normalized spacial score (nSPS) is 9.32. The summed E-state index contributed by atoms with van der Waals surface area (Å²) in [5, 5.41) is 26.4. The summed E-state index contributed by atoms with van der Waals surface area (Å²) < 4.78 is 0.821. The van der Waals surface area contributed by atoms with Crippen LogP contribution in [-0.4, -0.2) is 36.6 Å². The van der Waals surface area contributed by atoms with Crippen molar-refractivity contribution < 1.29 is 11.3 Å². The molecule has 0 aliphatic carbocycles. The molecule has 38 heavy (non-hydrogen) atoms. The van der Waals surface area contributed by atoms with Gasteiger partial charge >= 0.3 is 5.97 Å². The van der Waals surface area contributed by atoms with E-state index in [0.29, 0.717) is 10.7 Å². The molecule has 10 nitrogen and oxygen atoms in total.